The predicted molar refractivity (Wildman–Crippen MR) is 51.8 cm³/mol. The van der Waals surface area contributed by atoms with Crippen molar-refractivity contribution < 1.29 is 4.79 Å². The van der Waals surface area contributed by atoms with E-state index >= 15 is 0 Å². The summed E-state index contributed by atoms with van der Waals surface area (Å²) >= 11 is 0. The van der Waals surface area contributed by atoms with Gasteiger partial charge in [-0.25, -0.2) is 0 Å². The first-order valence-electron chi connectivity index (χ1n) is 4.49. The Morgan fingerprint density at radius 3 is 2.62 bits per heavy atom. The lowest BCUT2D eigenvalue weighted by Gasteiger charge is -2.08. The molecule has 1 N–H and O–H groups in total. The van der Waals surface area contributed by atoms with Crippen LogP contribution in [0.2, 0.25) is 0 Å². The monoisotopic (exact) mass is 175 g/mol. The van der Waals surface area contributed by atoms with Crippen LogP contribution in [0.4, 0.5) is 0 Å². The standard InChI is InChI=1S/C11H13NO/c1-6-4-7(2)10-9(8(6)3)5-12-11(10)13/h4H,5H2,1-3H3,(H,12,13). The third-order valence-electron chi connectivity index (χ3n) is 2.83. The summed E-state index contributed by atoms with van der Waals surface area (Å²) in [5.74, 6) is 0.0793. The second-order valence-electron chi connectivity index (χ2n) is 3.67. The van der Waals surface area contributed by atoms with Gasteiger partial charge in [0, 0.05) is 12.1 Å². The van der Waals surface area contributed by atoms with E-state index in [0.717, 1.165) is 11.1 Å². The Morgan fingerprint density at radius 1 is 1.23 bits per heavy atom. The second kappa shape index (κ2) is 2.59. The normalized spacial score (nSPS) is 14.2. The highest BCUT2D eigenvalue weighted by atomic mass is 16.1. The van der Waals surface area contributed by atoms with Crippen LogP contribution < -0.4 is 5.32 Å². The summed E-state index contributed by atoms with van der Waals surface area (Å²) in [5.41, 5.74) is 5.69. The molecule has 1 aromatic carbocycles. The molecule has 1 aromatic rings. The van der Waals surface area contributed by atoms with Crippen LogP contribution in [-0.4, -0.2) is 5.91 Å². The molecule has 0 bridgehead atoms. The van der Waals surface area contributed by atoms with E-state index in [1.807, 2.05) is 6.92 Å². The van der Waals surface area contributed by atoms with Crippen LogP contribution >= 0.6 is 0 Å². The lowest BCUT2D eigenvalue weighted by atomic mass is 9.95. The fourth-order valence-electron chi connectivity index (χ4n) is 1.96. The summed E-state index contributed by atoms with van der Waals surface area (Å²) in [6.07, 6.45) is 0. The van der Waals surface area contributed by atoms with Gasteiger partial charge in [-0.05, 0) is 43.0 Å². The number of hydrogen-bond acceptors (Lipinski definition) is 1. The van der Waals surface area contributed by atoms with Crippen molar-refractivity contribution in [2.75, 3.05) is 0 Å². The molecule has 0 atom stereocenters. The van der Waals surface area contributed by atoms with Crippen LogP contribution in [0, 0.1) is 20.8 Å². The minimum Gasteiger partial charge on any atom is -0.348 e. The van der Waals surface area contributed by atoms with E-state index in [4.69, 9.17) is 0 Å². The molecule has 0 fully saturated rings. The van der Waals surface area contributed by atoms with Crippen molar-refractivity contribution in [3.8, 4) is 0 Å². The molecule has 13 heavy (non-hydrogen) atoms. The fraction of sp³-hybridized carbons (Fsp3) is 0.364. The number of benzene rings is 1. The van der Waals surface area contributed by atoms with Gasteiger partial charge in [-0.15, -0.1) is 0 Å². The van der Waals surface area contributed by atoms with Crippen LogP contribution in [-0.2, 0) is 6.54 Å². The SMILES string of the molecule is Cc1cc(C)c2c(c1C)CNC2=O. The number of aryl methyl sites for hydroxylation is 2. The van der Waals surface area contributed by atoms with Gasteiger partial charge in [0.05, 0.1) is 0 Å². The quantitative estimate of drug-likeness (QED) is 0.640. The first kappa shape index (κ1) is 8.30. The molecule has 1 aliphatic rings. The van der Waals surface area contributed by atoms with Gasteiger partial charge in [-0.3, -0.25) is 4.79 Å². The molecule has 0 saturated carbocycles. The molecule has 2 nitrogen and oxygen atoms in total. The smallest absolute Gasteiger partial charge is 0.252 e. The van der Waals surface area contributed by atoms with Crippen molar-refractivity contribution in [2.45, 2.75) is 27.3 Å². The van der Waals surface area contributed by atoms with Crippen molar-refractivity contribution >= 4 is 5.91 Å². The lowest BCUT2D eigenvalue weighted by molar-refractivity contribution is 0.0965. The third kappa shape index (κ3) is 1.05. The maximum absolute atomic E-state index is 11.4. The number of nitrogens with one attached hydrogen (secondary N) is 1. The molecular formula is C11H13NO. The van der Waals surface area contributed by atoms with Gasteiger partial charge in [0.15, 0.2) is 0 Å². The minimum atomic E-state index is 0.0793. The molecule has 68 valence electrons. The Kier molecular flexibility index (Phi) is 1.65. The highest BCUT2D eigenvalue weighted by Gasteiger charge is 2.23. The second-order valence-corrected chi connectivity index (χ2v) is 3.67. The highest BCUT2D eigenvalue weighted by Crippen LogP contribution is 2.25. The van der Waals surface area contributed by atoms with Crippen LogP contribution in [0.1, 0.15) is 32.6 Å². The first-order chi connectivity index (χ1) is 6.11. The molecule has 0 spiro atoms. The van der Waals surface area contributed by atoms with E-state index < -0.39 is 0 Å². The van der Waals surface area contributed by atoms with E-state index in [2.05, 4.69) is 25.2 Å². The number of carbonyl (C=O) groups is 1. The number of amides is 1. The molecular weight excluding hydrogens is 162 g/mol. The summed E-state index contributed by atoms with van der Waals surface area (Å²) in [5, 5.41) is 2.85. The van der Waals surface area contributed by atoms with Crippen LogP contribution in [0.3, 0.4) is 0 Å². The molecule has 1 heterocycles. The zero-order valence-electron chi connectivity index (χ0n) is 8.19. The molecule has 0 radical (unpaired) electrons. The van der Waals surface area contributed by atoms with E-state index in [9.17, 15) is 4.79 Å². The number of hydrogen-bond donors (Lipinski definition) is 1. The Balaban J connectivity index is 2.76. The molecule has 1 amide bonds. The van der Waals surface area contributed by atoms with E-state index in [-0.39, 0.29) is 5.91 Å². The highest BCUT2D eigenvalue weighted by molar-refractivity contribution is 6.00. The lowest BCUT2D eigenvalue weighted by Crippen LogP contribution is -2.13. The van der Waals surface area contributed by atoms with Crippen molar-refractivity contribution in [1.29, 1.82) is 0 Å². The maximum atomic E-state index is 11.4. The zero-order chi connectivity index (χ0) is 9.59. The van der Waals surface area contributed by atoms with Crippen LogP contribution in [0.15, 0.2) is 6.07 Å². The fourth-order valence-corrected chi connectivity index (χ4v) is 1.96. The van der Waals surface area contributed by atoms with E-state index in [0.29, 0.717) is 6.54 Å². The van der Waals surface area contributed by atoms with Crippen LogP contribution in [0.5, 0.6) is 0 Å². The topological polar surface area (TPSA) is 29.1 Å². The minimum absolute atomic E-state index is 0.0793. The van der Waals surface area contributed by atoms with Crippen molar-refractivity contribution in [1.82, 2.24) is 5.32 Å². The van der Waals surface area contributed by atoms with Crippen LogP contribution in [0.25, 0.3) is 0 Å². The first-order valence-corrected chi connectivity index (χ1v) is 4.49. The van der Waals surface area contributed by atoms with Crippen molar-refractivity contribution in [2.24, 2.45) is 0 Å². The molecule has 0 aromatic heterocycles. The maximum Gasteiger partial charge on any atom is 0.252 e. The molecule has 0 aliphatic carbocycles. The molecule has 0 saturated heterocycles. The Morgan fingerprint density at radius 2 is 1.92 bits per heavy atom. The van der Waals surface area contributed by atoms with Gasteiger partial charge in [-0.2, -0.15) is 0 Å². The molecule has 2 heteroatoms. The molecule has 0 unspecified atom stereocenters. The number of carbonyl (C=O) groups excluding carboxylic acids is 1. The number of rotatable bonds is 0. The Hall–Kier alpha value is -1.31. The van der Waals surface area contributed by atoms with Gasteiger partial charge in [0.1, 0.15) is 0 Å². The summed E-state index contributed by atoms with van der Waals surface area (Å²) < 4.78 is 0. The number of fused-ring (bicyclic) bond motifs is 1. The third-order valence-corrected chi connectivity index (χ3v) is 2.83. The molecule has 1 aliphatic heterocycles. The average molecular weight is 175 g/mol. The van der Waals surface area contributed by atoms with Gasteiger partial charge >= 0.3 is 0 Å². The molecule has 2 rings (SSSR count). The summed E-state index contributed by atoms with van der Waals surface area (Å²) in [6.45, 7) is 6.86. The predicted octanol–water partition coefficient (Wildman–Crippen LogP) is 1.86. The van der Waals surface area contributed by atoms with Gasteiger partial charge in [0.25, 0.3) is 5.91 Å². The van der Waals surface area contributed by atoms with Gasteiger partial charge < -0.3 is 5.32 Å². The Bertz CT molecular complexity index is 394. The van der Waals surface area contributed by atoms with Gasteiger partial charge in [-0.1, -0.05) is 6.07 Å². The van der Waals surface area contributed by atoms with Gasteiger partial charge in [0.2, 0.25) is 0 Å². The average Bonchev–Trinajstić information content (AvgIpc) is 2.44. The zero-order valence-corrected chi connectivity index (χ0v) is 8.19. The largest absolute Gasteiger partial charge is 0.348 e. The summed E-state index contributed by atoms with van der Waals surface area (Å²) in [4.78, 5) is 11.4. The van der Waals surface area contributed by atoms with Crippen molar-refractivity contribution in [3.63, 3.8) is 0 Å². The summed E-state index contributed by atoms with van der Waals surface area (Å²) in [7, 11) is 0. The van der Waals surface area contributed by atoms with Crippen molar-refractivity contribution in [3.05, 3.63) is 33.9 Å². The summed E-state index contributed by atoms with van der Waals surface area (Å²) in [6, 6.07) is 2.08. The van der Waals surface area contributed by atoms with E-state index in [1.54, 1.807) is 0 Å². The van der Waals surface area contributed by atoms with E-state index in [1.165, 1.54) is 16.7 Å². The Labute approximate surface area is 78.0 Å².